The fourth-order valence-corrected chi connectivity index (χ4v) is 1.92. The van der Waals surface area contributed by atoms with Gasteiger partial charge in [0, 0.05) is 31.4 Å². The molecule has 1 fully saturated rings. The molecule has 1 atom stereocenters. The zero-order valence-electron chi connectivity index (χ0n) is 9.79. The van der Waals surface area contributed by atoms with E-state index in [-0.39, 0.29) is 11.9 Å². The smallest absolute Gasteiger partial charge is 0.237 e. The summed E-state index contributed by atoms with van der Waals surface area (Å²) in [5, 5.41) is 10.3. The van der Waals surface area contributed by atoms with Gasteiger partial charge in [-0.1, -0.05) is 0 Å². The minimum Gasteiger partial charge on any atom is -0.355 e. The number of carbonyl (C=O) groups excluding carboxylic acids is 1. The van der Waals surface area contributed by atoms with Gasteiger partial charge in [-0.3, -0.25) is 9.48 Å². The van der Waals surface area contributed by atoms with Gasteiger partial charge < -0.3 is 10.6 Å². The quantitative estimate of drug-likeness (QED) is 0.762. The maximum absolute atomic E-state index is 11.5. The number of carbonyl (C=O) groups is 1. The molecule has 0 bridgehead atoms. The van der Waals surface area contributed by atoms with Crippen molar-refractivity contribution in [3.63, 3.8) is 0 Å². The molecule has 0 aromatic carbocycles. The first-order chi connectivity index (χ1) is 7.68. The van der Waals surface area contributed by atoms with Crippen LogP contribution in [0.4, 0.5) is 0 Å². The molecule has 0 aliphatic carbocycles. The SMILES string of the molecule is Cc1c(CNC2CCCNC2=O)cnn1C. The first-order valence-corrected chi connectivity index (χ1v) is 5.67. The molecule has 1 aromatic rings. The number of hydrogen-bond acceptors (Lipinski definition) is 3. The van der Waals surface area contributed by atoms with E-state index in [9.17, 15) is 4.79 Å². The minimum atomic E-state index is -0.0478. The summed E-state index contributed by atoms with van der Waals surface area (Å²) < 4.78 is 1.85. The van der Waals surface area contributed by atoms with Crippen LogP contribution in [0.5, 0.6) is 0 Å². The standard InChI is InChI=1S/C11H18N4O/c1-8-9(7-14-15(8)2)6-13-10-4-3-5-12-11(10)16/h7,10,13H,3-6H2,1-2H3,(H,12,16). The van der Waals surface area contributed by atoms with Crippen LogP contribution in [0.15, 0.2) is 6.20 Å². The molecule has 16 heavy (non-hydrogen) atoms. The number of hydrogen-bond donors (Lipinski definition) is 2. The van der Waals surface area contributed by atoms with Gasteiger partial charge in [-0.2, -0.15) is 5.10 Å². The Bertz CT molecular complexity index is 385. The third-order valence-electron chi connectivity index (χ3n) is 3.16. The highest BCUT2D eigenvalue weighted by molar-refractivity contribution is 5.82. The van der Waals surface area contributed by atoms with Crippen LogP contribution in [0.1, 0.15) is 24.1 Å². The molecule has 1 aliphatic rings. The van der Waals surface area contributed by atoms with Gasteiger partial charge in [0.15, 0.2) is 0 Å². The van der Waals surface area contributed by atoms with Crippen molar-refractivity contribution >= 4 is 5.91 Å². The van der Waals surface area contributed by atoms with Crippen LogP contribution in [0, 0.1) is 6.92 Å². The summed E-state index contributed by atoms with van der Waals surface area (Å²) in [4.78, 5) is 11.5. The Morgan fingerprint density at radius 3 is 3.12 bits per heavy atom. The highest BCUT2D eigenvalue weighted by Crippen LogP contribution is 2.08. The van der Waals surface area contributed by atoms with Crippen molar-refractivity contribution in [1.82, 2.24) is 20.4 Å². The predicted octanol–water partition coefficient (Wildman–Crippen LogP) is 0.0967. The summed E-state index contributed by atoms with van der Waals surface area (Å²) in [6.45, 7) is 3.55. The maximum atomic E-state index is 11.5. The molecule has 2 rings (SSSR count). The van der Waals surface area contributed by atoms with Crippen LogP contribution in [0.25, 0.3) is 0 Å². The van der Waals surface area contributed by atoms with Gasteiger partial charge >= 0.3 is 0 Å². The number of piperidine rings is 1. The Balaban J connectivity index is 1.91. The van der Waals surface area contributed by atoms with E-state index in [0.717, 1.165) is 30.6 Å². The monoisotopic (exact) mass is 222 g/mol. The van der Waals surface area contributed by atoms with Gasteiger partial charge in [0.2, 0.25) is 5.91 Å². The van der Waals surface area contributed by atoms with Crippen molar-refractivity contribution < 1.29 is 4.79 Å². The molecule has 5 nitrogen and oxygen atoms in total. The van der Waals surface area contributed by atoms with E-state index in [0.29, 0.717) is 6.54 Å². The third kappa shape index (κ3) is 2.24. The number of nitrogens with zero attached hydrogens (tertiary/aromatic N) is 2. The first kappa shape index (κ1) is 11.1. The fraction of sp³-hybridized carbons (Fsp3) is 0.636. The summed E-state index contributed by atoms with van der Waals surface area (Å²) in [6.07, 6.45) is 3.82. The van der Waals surface area contributed by atoms with Gasteiger partial charge in [-0.05, 0) is 19.8 Å². The minimum absolute atomic E-state index is 0.0478. The van der Waals surface area contributed by atoms with E-state index in [1.165, 1.54) is 0 Å². The maximum Gasteiger partial charge on any atom is 0.237 e. The summed E-state index contributed by atoms with van der Waals surface area (Å²) in [6, 6.07) is -0.0478. The van der Waals surface area contributed by atoms with E-state index in [1.54, 1.807) is 0 Å². The Kier molecular flexibility index (Phi) is 3.24. The van der Waals surface area contributed by atoms with E-state index >= 15 is 0 Å². The van der Waals surface area contributed by atoms with E-state index in [2.05, 4.69) is 15.7 Å². The van der Waals surface area contributed by atoms with Crippen molar-refractivity contribution in [2.45, 2.75) is 32.4 Å². The third-order valence-corrected chi connectivity index (χ3v) is 3.16. The molecule has 2 heterocycles. The van der Waals surface area contributed by atoms with Gasteiger partial charge in [-0.25, -0.2) is 0 Å². The molecular weight excluding hydrogens is 204 g/mol. The number of nitrogens with one attached hydrogen (secondary N) is 2. The average Bonchev–Trinajstić information content (AvgIpc) is 2.59. The molecule has 88 valence electrons. The molecule has 1 unspecified atom stereocenters. The molecule has 0 spiro atoms. The Labute approximate surface area is 95.2 Å². The second kappa shape index (κ2) is 4.65. The van der Waals surface area contributed by atoms with Crippen molar-refractivity contribution in [3.8, 4) is 0 Å². The number of rotatable bonds is 3. The Morgan fingerprint density at radius 1 is 1.69 bits per heavy atom. The number of amides is 1. The average molecular weight is 222 g/mol. The lowest BCUT2D eigenvalue weighted by atomic mass is 10.1. The summed E-state index contributed by atoms with van der Waals surface area (Å²) in [5.41, 5.74) is 2.30. The lowest BCUT2D eigenvalue weighted by molar-refractivity contribution is -0.124. The van der Waals surface area contributed by atoms with Crippen molar-refractivity contribution in [2.24, 2.45) is 7.05 Å². The van der Waals surface area contributed by atoms with Crippen LogP contribution in [-0.4, -0.2) is 28.3 Å². The molecule has 1 aliphatic heterocycles. The fourth-order valence-electron chi connectivity index (χ4n) is 1.92. The van der Waals surface area contributed by atoms with Gasteiger partial charge in [-0.15, -0.1) is 0 Å². The van der Waals surface area contributed by atoms with Crippen molar-refractivity contribution in [3.05, 3.63) is 17.5 Å². The molecule has 1 saturated heterocycles. The van der Waals surface area contributed by atoms with Gasteiger partial charge in [0.05, 0.1) is 12.2 Å². The molecule has 1 aromatic heterocycles. The van der Waals surface area contributed by atoms with Crippen LogP contribution < -0.4 is 10.6 Å². The summed E-state index contributed by atoms with van der Waals surface area (Å²) in [5.74, 6) is 0.118. The summed E-state index contributed by atoms with van der Waals surface area (Å²) >= 11 is 0. The second-order valence-corrected chi connectivity index (χ2v) is 4.25. The zero-order valence-corrected chi connectivity index (χ0v) is 9.79. The highest BCUT2D eigenvalue weighted by atomic mass is 16.2. The van der Waals surface area contributed by atoms with E-state index < -0.39 is 0 Å². The number of aryl methyl sites for hydroxylation is 1. The van der Waals surface area contributed by atoms with Crippen LogP contribution in [0.3, 0.4) is 0 Å². The first-order valence-electron chi connectivity index (χ1n) is 5.67. The lowest BCUT2D eigenvalue weighted by Crippen LogP contribution is -2.47. The molecular formula is C11H18N4O. The Hall–Kier alpha value is -1.36. The van der Waals surface area contributed by atoms with E-state index in [4.69, 9.17) is 0 Å². The molecule has 0 radical (unpaired) electrons. The lowest BCUT2D eigenvalue weighted by Gasteiger charge is -2.22. The second-order valence-electron chi connectivity index (χ2n) is 4.25. The Morgan fingerprint density at radius 2 is 2.50 bits per heavy atom. The predicted molar refractivity (Wildman–Crippen MR) is 60.8 cm³/mol. The molecule has 5 heteroatoms. The zero-order chi connectivity index (χ0) is 11.5. The van der Waals surface area contributed by atoms with Gasteiger partial charge in [0.1, 0.15) is 0 Å². The molecule has 1 amide bonds. The van der Waals surface area contributed by atoms with Crippen molar-refractivity contribution in [1.29, 1.82) is 0 Å². The van der Waals surface area contributed by atoms with Gasteiger partial charge in [0.25, 0.3) is 0 Å². The molecule has 0 saturated carbocycles. The highest BCUT2D eigenvalue weighted by Gasteiger charge is 2.21. The normalized spacial score (nSPS) is 20.9. The summed E-state index contributed by atoms with van der Waals surface area (Å²) in [7, 11) is 1.92. The largest absolute Gasteiger partial charge is 0.355 e. The van der Waals surface area contributed by atoms with Crippen LogP contribution in [0.2, 0.25) is 0 Å². The topological polar surface area (TPSA) is 58.9 Å². The number of aromatic nitrogens is 2. The van der Waals surface area contributed by atoms with E-state index in [1.807, 2.05) is 24.9 Å². The van der Waals surface area contributed by atoms with Crippen molar-refractivity contribution in [2.75, 3.05) is 6.54 Å². The molecule has 2 N–H and O–H groups in total. The van der Waals surface area contributed by atoms with Crippen LogP contribution >= 0.6 is 0 Å². The van der Waals surface area contributed by atoms with Crippen LogP contribution in [-0.2, 0) is 18.4 Å².